The van der Waals surface area contributed by atoms with Crippen molar-refractivity contribution in [3.05, 3.63) is 54.1 Å². The van der Waals surface area contributed by atoms with Gasteiger partial charge in [-0.2, -0.15) is 0 Å². The molecule has 0 aromatic heterocycles. The molecule has 1 N–H and O–H groups in total. The molecule has 1 fully saturated rings. The van der Waals surface area contributed by atoms with Crippen LogP contribution in [-0.2, 0) is 11.3 Å². The van der Waals surface area contributed by atoms with E-state index in [4.69, 9.17) is 4.74 Å². The number of hydrogen-bond donors (Lipinski definition) is 1. The molecule has 1 heterocycles. The SMILES string of the molecule is CCCN(Cc1ccccc1)C(=O)Nc1ccc(N2CCCC2=O)c(OC)c1. The van der Waals surface area contributed by atoms with Crippen LogP contribution in [0.3, 0.4) is 0 Å². The molecule has 3 amide bonds. The van der Waals surface area contributed by atoms with Gasteiger partial charge in [0.1, 0.15) is 5.75 Å². The molecule has 148 valence electrons. The molecule has 0 spiro atoms. The van der Waals surface area contributed by atoms with Crippen LogP contribution in [0.2, 0.25) is 0 Å². The molecule has 2 aromatic rings. The summed E-state index contributed by atoms with van der Waals surface area (Å²) < 4.78 is 5.47. The Balaban J connectivity index is 1.73. The third kappa shape index (κ3) is 4.63. The van der Waals surface area contributed by atoms with Crippen LogP contribution in [-0.4, -0.2) is 37.0 Å². The summed E-state index contributed by atoms with van der Waals surface area (Å²) >= 11 is 0. The fourth-order valence-corrected chi connectivity index (χ4v) is 3.41. The molecule has 2 aromatic carbocycles. The van der Waals surface area contributed by atoms with Crippen LogP contribution in [0.25, 0.3) is 0 Å². The summed E-state index contributed by atoms with van der Waals surface area (Å²) in [5.41, 5.74) is 2.48. The lowest BCUT2D eigenvalue weighted by atomic mass is 10.2. The van der Waals surface area contributed by atoms with Crippen molar-refractivity contribution in [1.82, 2.24) is 4.90 Å². The summed E-state index contributed by atoms with van der Waals surface area (Å²) in [4.78, 5) is 28.4. The van der Waals surface area contributed by atoms with Crippen LogP contribution >= 0.6 is 0 Å². The van der Waals surface area contributed by atoms with Gasteiger partial charge >= 0.3 is 6.03 Å². The number of ether oxygens (including phenoxy) is 1. The van der Waals surface area contributed by atoms with Gasteiger partial charge in [-0.15, -0.1) is 0 Å². The molecule has 1 aliphatic heterocycles. The van der Waals surface area contributed by atoms with E-state index in [1.807, 2.05) is 42.5 Å². The lowest BCUT2D eigenvalue weighted by molar-refractivity contribution is -0.117. The molecular formula is C22H27N3O3. The van der Waals surface area contributed by atoms with Gasteiger partial charge < -0.3 is 19.9 Å². The number of carbonyl (C=O) groups excluding carboxylic acids is 2. The molecule has 28 heavy (non-hydrogen) atoms. The summed E-state index contributed by atoms with van der Waals surface area (Å²) in [5.74, 6) is 0.685. The van der Waals surface area contributed by atoms with E-state index in [0.29, 0.717) is 37.5 Å². The van der Waals surface area contributed by atoms with Crippen molar-refractivity contribution in [2.45, 2.75) is 32.7 Å². The fraction of sp³-hybridized carbons (Fsp3) is 0.364. The van der Waals surface area contributed by atoms with E-state index in [-0.39, 0.29) is 11.9 Å². The maximum atomic E-state index is 12.8. The normalized spacial score (nSPS) is 13.5. The van der Waals surface area contributed by atoms with Gasteiger partial charge in [0, 0.05) is 37.8 Å². The van der Waals surface area contributed by atoms with E-state index in [9.17, 15) is 9.59 Å². The Labute approximate surface area is 166 Å². The van der Waals surface area contributed by atoms with Crippen LogP contribution in [0.4, 0.5) is 16.2 Å². The van der Waals surface area contributed by atoms with Crippen LogP contribution in [0.5, 0.6) is 5.75 Å². The molecule has 6 heteroatoms. The van der Waals surface area contributed by atoms with E-state index in [1.165, 1.54) is 0 Å². The zero-order chi connectivity index (χ0) is 19.9. The molecule has 0 atom stereocenters. The zero-order valence-corrected chi connectivity index (χ0v) is 16.5. The Hall–Kier alpha value is -3.02. The van der Waals surface area contributed by atoms with Crippen LogP contribution < -0.4 is 15.0 Å². The number of carbonyl (C=O) groups is 2. The first-order chi connectivity index (χ1) is 13.6. The quantitative estimate of drug-likeness (QED) is 0.779. The molecule has 6 nitrogen and oxygen atoms in total. The number of rotatable bonds is 7. The third-order valence-electron chi connectivity index (χ3n) is 4.79. The van der Waals surface area contributed by atoms with E-state index in [2.05, 4.69) is 12.2 Å². The van der Waals surface area contributed by atoms with Gasteiger partial charge in [0.05, 0.1) is 12.8 Å². The predicted octanol–water partition coefficient (Wildman–Crippen LogP) is 4.27. The highest BCUT2D eigenvalue weighted by molar-refractivity contribution is 5.97. The maximum absolute atomic E-state index is 12.8. The van der Waals surface area contributed by atoms with Crippen molar-refractivity contribution in [1.29, 1.82) is 0 Å². The summed E-state index contributed by atoms with van der Waals surface area (Å²) in [6.07, 6.45) is 2.29. The number of nitrogens with zero attached hydrogens (tertiary/aromatic N) is 2. The first kappa shape index (κ1) is 19.7. The molecule has 0 bridgehead atoms. The minimum absolute atomic E-state index is 0.104. The topological polar surface area (TPSA) is 61.9 Å². The Kier molecular flexibility index (Phi) is 6.53. The van der Waals surface area contributed by atoms with E-state index >= 15 is 0 Å². The van der Waals surface area contributed by atoms with E-state index in [0.717, 1.165) is 24.1 Å². The standard InChI is InChI=1S/C22H27N3O3/c1-3-13-24(16-17-8-5-4-6-9-17)22(27)23-18-11-12-19(20(15-18)28-2)25-14-7-10-21(25)26/h4-6,8-9,11-12,15H,3,7,10,13-14,16H2,1-2H3,(H,23,27). The second-order valence-electron chi connectivity index (χ2n) is 6.87. The van der Waals surface area contributed by atoms with Gasteiger partial charge in [0.25, 0.3) is 0 Å². The number of urea groups is 1. The minimum Gasteiger partial charge on any atom is -0.494 e. The van der Waals surface area contributed by atoms with Gasteiger partial charge in [-0.1, -0.05) is 37.3 Å². The molecule has 0 saturated carbocycles. The molecule has 1 saturated heterocycles. The Morgan fingerprint density at radius 3 is 2.64 bits per heavy atom. The second-order valence-corrected chi connectivity index (χ2v) is 6.87. The lowest BCUT2D eigenvalue weighted by Gasteiger charge is -2.24. The number of methoxy groups -OCH3 is 1. The Bertz CT molecular complexity index is 823. The third-order valence-corrected chi connectivity index (χ3v) is 4.79. The lowest BCUT2D eigenvalue weighted by Crippen LogP contribution is -2.35. The van der Waals surface area contributed by atoms with Crippen molar-refractivity contribution in [2.75, 3.05) is 30.4 Å². The van der Waals surface area contributed by atoms with Gasteiger partial charge in [-0.3, -0.25) is 4.79 Å². The van der Waals surface area contributed by atoms with Crippen molar-refractivity contribution in [2.24, 2.45) is 0 Å². The predicted molar refractivity (Wildman–Crippen MR) is 111 cm³/mol. The average molecular weight is 381 g/mol. The summed E-state index contributed by atoms with van der Waals surface area (Å²) in [5, 5.41) is 2.95. The number of amides is 3. The summed E-state index contributed by atoms with van der Waals surface area (Å²) in [6.45, 7) is 3.97. The van der Waals surface area contributed by atoms with Crippen LogP contribution in [0.15, 0.2) is 48.5 Å². The smallest absolute Gasteiger partial charge is 0.322 e. The first-order valence-electron chi connectivity index (χ1n) is 9.70. The largest absolute Gasteiger partial charge is 0.494 e. The van der Waals surface area contributed by atoms with Crippen molar-refractivity contribution in [3.8, 4) is 5.75 Å². The number of hydrogen-bond acceptors (Lipinski definition) is 3. The number of nitrogens with one attached hydrogen (secondary N) is 1. The molecule has 0 aliphatic carbocycles. The van der Waals surface area contributed by atoms with E-state index in [1.54, 1.807) is 23.0 Å². The van der Waals surface area contributed by atoms with Crippen LogP contribution in [0.1, 0.15) is 31.7 Å². The highest BCUT2D eigenvalue weighted by atomic mass is 16.5. The average Bonchev–Trinajstić information content (AvgIpc) is 3.14. The van der Waals surface area contributed by atoms with Crippen molar-refractivity contribution < 1.29 is 14.3 Å². The highest BCUT2D eigenvalue weighted by Crippen LogP contribution is 2.33. The van der Waals surface area contributed by atoms with Gasteiger partial charge in [0.15, 0.2) is 0 Å². The Morgan fingerprint density at radius 1 is 1.21 bits per heavy atom. The monoisotopic (exact) mass is 381 g/mol. The molecule has 0 unspecified atom stereocenters. The fourth-order valence-electron chi connectivity index (χ4n) is 3.41. The highest BCUT2D eigenvalue weighted by Gasteiger charge is 2.24. The molecule has 1 aliphatic rings. The molecule has 3 rings (SSSR count). The minimum atomic E-state index is -0.155. The van der Waals surface area contributed by atoms with Gasteiger partial charge in [-0.05, 0) is 30.5 Å². The number of benzene rings is 2. The summed E-state index contributed by atoms with van der Waals surface area (Å²) in [6, 6.07) is 15.2. The Morgan fingerprint density at radius 2 is 2.00 bits per heavy atom. The first-order valence-corrected chi connectivity index (χ1v) is 9.70. The summed E-state index contributed by atoms with van der Waals surface area (Å²) in [7, 11) is 1.57. The second kappa shape index (κ2) is 9.26. The zero-order valence-electron chi connectivity index (χ0n) is 16.5. The van der Waals surface area contributed by atoms with Gasteiger partial charge in [0.2, 0.25) is 5.91 Å². The van der Waals surface area contributed by atoms with Crippen molar-refractivity contribution >= 4 is 23.3 Å². The molecular weight excluding hydrogens is 354 g/mol. The number of anilines is 2. The van der Waals surface area contributed by atoms with Gasteiger partial charge in [-0.25, -0.2) is 4.79 Å². The molecule has 0 radical (unpaired) electrons. The maximum Gasteiger partial charge on any atom is 0.322 e. The van der Waals surface area contributed by atoms with E-state index < -0.39 is 0 Å². The van der Waals surface area contributed by atoms with Crippen molar-refractivity contribution in [3.63, 3.8) is 0 Å². The van der Waals surface area contributed by atoms with Crippen LogP contribution in [0, 0.1) is 0 Å².